The lowest BCUT2D eigenvalue weighted by molar-refractivity contribution is -0.142. The Bertz CT molecular complexity index is 436. The molecule has 0 aliphatic carbocycles. The van der Waals surface area contributed by atoms with Gasteiger partial charge in [-0.15, -0.1) is 0 Å². The van der Waals surface area contributed by atoms with E-state index in [4.69, 9.17) is 16.7 Å². The molecule has 2 atom stereocenters. The van der Waals surface area contributed by atoms with E-state index in [-0.39, 0.29) is 6.04 Å². The molecule has 1 aromatic rings. The molecule has 0 aromatic heterocycles. The summed E-state index contributed by atoms with van der Waals surface area (Å²) >= 11 is 5.98. The predicted molar refractivity (Wildman–Crippen MR) is 72.1 cm³/mol. The number of hydrogen-bond donors (Lipinski definition) is 1. The zero-order valence-corrected chi connectivity index (χ0v) is 11.2. The van der Waals surface area contributed by atoms with Crippen molar-refractivity contribution in [1.29, 1.82) is 0 Å². The van der Waals surface area contributed by atoms with E-state index in [1.165, 1.54) is 5.56 Å². The number of carboxylic acids is 1. The molecule has 1 heterocycles. The number of rotatable bonds is 4. The third kappa shape index (κ3) is 3.03. The molecule has 1 aliphatic rings. The van der Waals surface area contributed by atoms with Crippen LogP contribution in [-0.4, -0.2) is 35.1 Å². The maximum absolute atomic E-state index is 11.1. The maximum Gasteiger partial charge on any atom is 0.320 e. The van der Waals surface area contributed by atoms with E-state index in [0.29, 0.717) is 5.92 Å². The van der Waals surface area contributed by atoms with Crippen LogP contribution in [0.15, 0.2) is 24.3 Å². The molecule has 18 heavy (non-hydrogen) atoms. The summed E-state index contributed by atoms with van der Waals surface area (Å²) in [5, 5.41) is 9.88. The quantitative estimate of drug-likeness (QED) is 0.912. The molecule has 4 heteroatoms. The summed E-state index contributed by atoms with van der Waals surface area (Å²) in [4.78, 5) is 13.2. The summed E-state index contributed by atoms with van der Waals surface area (Å²) in [5.74, 6) is -0.408. The van der Waals surface area contributed by atoms with Crippen LogP contribution in [0.1, 0.15) is 31.2 Å². The smallest absolute Gasteiger partial charge is 0.320 e. The Morgan fingerprint density at radius 2 is 2.39 bits per heavy atom. The van der Waals surface area contributed by atoms with Crippen molar-refractivity contribution in [1.82, 2.24) is 4.90 Å². The third-order valence-corrected chi connectivity index (χ3v) is 3.81. The fourth-order valence-corrected chi connectivity index (χ4v) is 2.79. The van der Waals surface area contributed by atoms with Crippen LogP contribution in [-0.2, 0) is 4.79 Å². The van der Waals surface area contributed by atoms with E-state index in [2.05, 4.69) is 11.8 Å². The number of benzene rings is 1. The van der Waals surface area contributed by atoms with E-state index in [9.17, 15) is 4.79 Å². The number of nitrogens with zero attached hydrogens (tertiary/aromatic N) is 1. The molecule has 3 nitrogen and oxygen atoms in total. The molecule has 98 valence electrons. The van der Waals surface area contributed by atoms with Gasteiger partial charge in [-0.25, -0.2) is 0 Å². The van der Waals surface area contributed by atoms with Gasteiger partial charge >= 0.3 is 5.97 Å². The van der Waals surface area contributed by atoms with Gasteiger partial charge in [-0.05, 0) is 43.0 Å². The maximum atomic E-state index is 11.1. The van der Waals surface area contributed by atoms with E-state index >= 15 is 0 Å². The number of carbonyl (C=O) groups is 1. The molecule has 0 radical (unpaired) electrons. The first-order chi connectivity index (χ1) is 8.58. The zero-order chi connectivity index (χ0) is 13.1. The molecule has 1 fully saturated rings. The van der Waals surface area contributed by atoms with Crippen LogP contribution in [0.2, 0.25) is 5.02 Å². The van der Waals surface area contributed by atoms with Crippen molar-refractivity contribution < 1.29 is 9.90 Å². The van der Waals surface area contributed by atoms with E-state index < -0.39 is 5.97 Å². The molecule has 0 amide bonds. The molecule has 0 spiro atoms. The van der Waals surface area contributed by atoms with Gasteiger partial charge in [0, 0.05) is 11.6 Å². The van der Waals surface area contributed by atoms with Crippen molar-refractivity contribution in [2.75, 3.05) is 13.1 Å². The minimum absolute atomic E-state index is 0.295. The van der Waals surface area contributed by atoms with Gasteiger partial charge in [-0.3, -0.25) is 9.69 Å². The topological polar surface area (TPSA) is 40.5 Å². The fraction of sp³-hybridized carbons (Fsp3) is 0.500. The standard InChI is InChI=1S/C14H18ClNO2/c1-10(11-4-2-5-12(15)8-11)9-16-7-3-6-13(16)14(17)18/h2,4-5,8,10,13H,3,6-7,9H2,1H3,(H,17,18)/t10?,13-/m0/s1. The molecular formula is C14H18ClNO2. The summed E-state index contributed by atoms with van der Waals surface area (Å²) in [7, 11) is 0. The largest absolute Gasteiger partial charge is 0.480 e. The molecule has 1 saturated heterocycles. The Kier molecular flexibility index (Phi) is 4.25. The monoisotopic (exact) mass is 267 g/mol. The second-order valence-electron chi connectivity index (χ2n) is 4.95. The Balaban J connectivity index is 2.03. The highest BCUT2D eigenvalue weighted by molar-refractivity contribution is 6.30. The van der Waals surface area contributed by atoms with Gasteiger partial charge in [0.15, 0.2) is 0 Å². The van der Waals surface area contributed by atoms with Crippen LogP contribution in [0.4, 0.5) is 0 Å². The number of halogens is 1. The minimum atomic E-state index is -0.703. The summed E-state index contributed by atoms with van der Waals surface area (Å²) in [6, 6.07) is 7.48. The Morgan fingerprint density at radius 1 is 1.61 bits per heavy atom. The molecule has 0 saturated carbocycles. The average molecular weight is 268 g/mol. The fourth-order valence-electron chi connectivity index (χ4n) is 2.59. The molecule has 1 aliphatic heterocycles. The van der Waals surface area contributed by atoms with E-state index in [1.807, 2.05) is 24.3 Å². The summed E-state index contributed by atoms with van der Waals surface area (Å²) in [6.45, 7) is 3.77. The SMILES string of the molecule is CC(CN1CCC[C@H]1C(=O)O)c1cccc(Cl)c1. The van der Waals surface area contributed by atoms with Crippen LogP contribution >= 0.6 is 11.6 Å². The molecule has 1 N–H and O–H groups in total. The van der Waals surface area contributed by atoms with Crippen LogP contribution in [0.5, 0.6) is 0 Å². The number of carboxylic acid groups (broad SMARTS) is 1. The first-order valence-corrected chi connectivity index (χ1v) is 6.68. The second-order valence-corrected chi connectivity index (χ2v) is 5.38. The number of hydrogen-bond acceptors (Lipinski definition) is 2. The van der Waals surface area contributed by atoms with Gasteiger partial charge in [-0.2, -0.15) is 0 Å². The third-order valence-electron chi connectivity index (χ3n) is 3.57. The molecule has 1 aromatic carbocycles. The van der Waals surface area contributed by atoms with E-state index in [1.54, 1.807) is 0 Å². The van der Waals surface area contributed by atoms with E-state index in [0.717, 1.165) is 31.0 Å². The summed E-state index contributed by atoms with van der Waals surface area (Å²) in [6.07, 6.45) is 1.73. The Hall–Kier alpha value is -1.06. The Morgan fingerprint density at radius 3 is 3.06 bits per heavy atom. The molecule has 2 rings (SSSR count). The molecule has 0 bridgehead atoms. The minimum Gasteiger partial charge on any atom is -0.480 e. The Labute approximate surface area is 112 Å². The second kappa shape index (κ2) is 5.72. The zero-order valence-electron chi connectivity index (χ0n) is 10.5. The highest BCUT2D eigenvalue weighted by Crippen LogP contribution is 2.24. The van der Waals surface area contributed by atoms with Crippen molar-refractivity contribution in [3.05, 3.63) is 34.9 Å². The highest BCUT2D eigenvalue weighted by atomic mass is 35.5. The van der Waals surface area contributed by atoms with Gasteiger partial charge in [0.1, 0.15) is 6.04 Å². The van der Waals surface area contributed by atoms with Crippen LogP contribution in [0, 0.1) is 0 Å². The van der Waals surface area contributed by atoms with Crippen molar-refractivity contribution >= 4 is 17.6 Å². The number of aliphatic carboxylic acids is 1. The average Bonchev–Trinajstić information content (AvgIpc) is 2.77. The van der Waals surface area contributed by atoms with Gasteiger partial charge < -0.3 is 5.11 Å². The van der Waals surface area contributed by atoms with Crippen molar-refractivity contribution in [2.24, 2.45) is 0 Å². The van der Waals surface area contributed by atoms with Gasteiger partial charge in [0.25, 0.3) is 0 Å². The first-order valence-electron chi connectivity index (χ1n) is 6.30. The molecular weight excluding hydrogens is 250 g/mol. The highest BCUT2D eigenvalue weighted by Gasteiger charge is 2.31. The lowest BCUT2D eigenvalue weighted by Gasteiger charge is -2.25. The van der Waals surface area contributed by atoms with Crippen molar-refractivity contribution in [3.63, 3.8) is 0 Å². The summed E-state index contributed by atoms with van der Waals surface area (Å²) < 4.78 is 0. The van der Waals surface area contributed by atoms with Crippen LogP contribution in [0.25, 0.3) is 0 Å². The van der Waals surface area contributed by atoms with Crippen molar-refractivity contribution in [3.8, 4) is 0 Å². The van der Waals surface area contributed by atoms with Crippen molar-refractivity contribution in [2.45, 2.75) is 31.7 Å². The first kappa shape index (κ1) is 13.4. The number of likely N-dealkylation sites (tertiary alicyclic amines) is 1. The normalized spacial score (nSPS) is 22.0. The molecule has 1 unspecified atom stereocenters. The van der Waals surface area contributed by atoms with Crippen LogP contribution in [0.3, 0.4) is 0 Å². The predicted octanol–water partition coefficient (Wildman–Crippen LogP) is 2.99. The van der Waals surface area contributed by atoms with Crippen LogP contribution < -0.4 is 0 Å². The summed E-state index contributed by atoms with van der Waals surface area (Å²) in [5.41, 5.74) is 1.17. The van der Waals surface area contributed by atoms with Gasteiger partial charge in [0.05, 0.1) is 0 Å². The lowest BCUT2D eigenvalue weighted by Crippen LogP contribution is -2.38. The lowest BCUT2D eigenvalue weighted by atomic mass is 10.0. The van der Waals surface area contributed by atoms with Gasteiger partial charge in [-0.1, -0.05) is 30.7 Å². The van der Waals surface area contributed by atoms with Gasteiger partial charge in [0.2, 0.25) is 0 Å².